The molecule has 0 unspecified atom stereocenters. The topological polar surface area (TPSA) is 29.1 Å². The van der Waals surface area contributed by atoms with Gasteiger partial charge in [-0.25, -0.2) is 4.39 Å². The first-order valence-corrected chi connectivity index (χ1v) is 6.67. The average molecular weight is 343 g/mol. The van der Waals surface area contributed by atoms with Gasteiger partial charge in [0, 0.05) is 4.47 Å². The first-order valence-electron chi connectivity index (χ1n) is 5.50. The number of rotatable bonds is 2. The van der Waals surface area contributed by atoms with Crippen molar-refractivity contribution in [1.29, 1.82) is 0 Å². The second kappa shape index (κ2) is 5.72. The zero-order valence-electron chi connectivity index (χ0n) is 10.0. The molecule has 0 aromatic heterocycles. The molecule has 0 saturated heterocycles. The SMILES string of the molecule is Cc1ccc(NC(=O)c2cc(Br)ccc2F)c(Cl)c1. The lowest BCUT2D eigenvalue weighted by atomic mass is 10.2. The van der Waals surface area contributed by atoms with Crippen molar-refractivity contribution < 1.29 is 9.18 Å². The highest BCUT2D eigenvalue weighted by Crippen LogP contribution is 2.24. The van der Waals surface area contributed by atoms with Gasteiger partial charge in [-0.1, -0.05) is 33.6 Å². The molecule has 19 heavy (non-hydrogen) atoms. The number of benzene rings is 2. The van der Waals surface area contributed by atoms with Crippen molar-refractivity contribution in [3.05, 3.63) is 62.8 Å². The number of amides is 1. The van der Waals surface area contributed by atoms with E-state index < -0.39 is 11.7 Å². The minimum atomic E-state index is -0.580. The van der Waals surface area contributed by atoms with Crippen molar-refractivity contribution in [2.75, 3.05) is 5.32 Å². The lowest BCUT2D eigenvalue weighted by Gasteiger charge is -2.08. The number of hydrogen-bond donors (Lipinski definition) is 1. The van der Waals surface area contributed by atoms with E-state index in [1.54, 1.807) is 12.1 Å². The number of halogens is 3. The lowest BCUT2D eigenvalue weighted by molar-refractivity contribution is 0.102. The maximum absolute atomic E-state index is 13.6. The summed E-state index contributed by atoms with van der Waals surface area (Å²) in [6.07, 6.45) is 0. The molecule has 0 atom stereocenters. The van der Waals surface area contributed by atoms with Gasteiger partial charge in [0.25, 0.3) is 5.91 Å². The zero-order valence-corrected chi connectivity index (χ0v) is 12.3. The molecule has 0 saturated carbocycles. The molecule has 0 aliphatic carbocycles. The van der Waals surface area contributed by atoms with Crippen LogP contribution in [0.1, 0.15) is 15.9 Å². The predicted octanol–water partition coefficient (Wildman–Crippen LogP) is 4.80. The Morgan fingerprint density at radius 1 is 1.26 bits per heavy atom. The largest absolute Gasteiger partial charge is 0.321 e. The molecule has 1 N–H and O–H groups in total. The second-order valence-corrected chi connectivity index (χ2v) is 5.38. The standard InChI is InChI=1S/C14H10BrClFNO/c1-8-2-5-13(11(16)6-8)18-14(19)10-7-9(15)3-4-12(10)17/h2-7H,1H3,(H,18,19). The Kier molecular flexibility index (Phi) is 4.22. The Morgan fingerprint density at radius 3 is 2.68 bits per heavy atom. The third-order valence-electron chi connectivity index (χ3n) is 2.55. The number of nitrogens with one attached hydrogen (secondary N) is 1. The molecular formula is C14H10BrClFNO. The lowest BCUT2D eigenvalue weighted by Crippen LogP contribution is -2.14. The fourth-order valence-electron chi connectivity index (χ4n) is 1.58. The number of carbonyl (C=O) groups excluding carboxylic acids is 1. The summed E-state index contributed by atoms with van der Waals surface area (Å²) in [5.74, 6) is -1.12. The van der Waals surface area contributed by atoms with Crippen molar-refractivity contribution >= 4 is 39.1 Å². The van der Waals surface area contributed by atoms with Gasteiger partial charge in [-0.2, -0.15) is 0 Å². The number of carbonyl (C=O) groups is 1. The third-order valence-corrected chi connectivity index (χ3v) is 3.35. The maximum Gasteiger partial charge on any atom is 0.258 e. The minimum absolute atomic E-state index is 0.0361. The third kappa shape index (κ3) is 3.33. The van der Waals surface area contributed by atoms with Crippen LogP contribution >= 0.6 is 27.5 Å². The van der Waals surface area contributed by atoms with Gasteiger partial charge in [-0.05, 0) is 42.8 Å². The van der Waals surface area contributed by atoms with Gasteiger partial charge in [0.1, 0.15) is 5.82 Å². The zero-order chi connectivity index (χ0) is 14.0. The Morgan fingerprint density at radius 2 is 2.00 bits per heavy atom. The van der Waals surface area contributed by atoms with Crippen LogP contribution in [0.3, 0.4) is 0 Å². The van der Waals surface area contributed by atoms with E-state index in [4.69, 9.17) is 11.6 Å². The molecule has 0 spiro atoms. The smallest absolute Gasteiger partial charge is 0.258 e. The monoisotopic (exact) mass is 341 g/mol. The summed E-state index contributed by atoms with van der Waals surface area (Å²) in [7, 11) is 0. The fraction of sp³-hybridized carbons (Fsp3) is 0.0714. The maximum atomic E-state index is 13.6. The van der Waals surface area contributed by atoms with Crippen molar-refractivity contribution in [2.24, 2.45) is 0 Å². The molecule has 0 aliphatic heterocycles. The normalized spacial score (nSPS) is 10.3. The number of aryl methyl sites for hydroxylation is 1. The van der Waals surface area contributed by atoms with Gasteiger partial charge in [0.2, 0.25) is 0 Å². The van der Waals surface area contributed by atoms with E-state index in [-0.39, 0.29) is 5.56 Å². The Hall–Kier alpha value is -1.39. The van der Waals surface area contributed by atoms with Crippen LogP contribution in [0.25, 0.3) is 0 Å². The van der Waals surface area contributed by atoms with Gasteiger partial charge in [-0.15, -0.1) is 0 Å². The first kappa shape index (κ1) is 14.0. The molecule has 98 valence electrons. The second-order valence-electron chi connectivity index (χ2n) is 4.06. The Labute approximate surface area is 123 Å². The summed E-state index contributed by atoms with van der Waals surface area (Å²) in [4.78, 5) is 12.0. The number of anilines is 1. The van der Waals surface area contributed by atoms with Gasteiger partial charge in [0.05, 0.1) is 16.3 Å². The molecule has 0 fully saturated rings. The molecule has 2 aromatic rings. The van der Waals surface area contributed by atoms with E-state index in [2.05, 4.69) is 21.2 Å². The van der Waals surface area contributed by atoms with Crippen LogP contribution in [0.15, 0.2) is 40.9 Å². The van der Waals surface area contributed by atoms with E-state index in [1.165, 1.54) is 18.2 Å². The molecule has 1 amide bonds. The van der Waals surface area contributed by atoms with Gasteiger partial charge < -0.3 is 5.32 Å². The quantitative estimate of drug-likeness (QED) is 0.834. The van der Waals surface area contributed by atoms with E-state index in [1.807, 2.05) is 13.0 Å². The summed E-state index contributed by atoms with van der Waals surface area (Å²) in [5, 5.41) is 3.01. The van der Waals surface area contributed by atoms with E-state index in [0.29, 0.717) is 15.2 Å². The summed E-state index contributed by atoms with van der Waals surface area (Å²) in [6, 6.07) is 9.42. The van der Waals surface area contributed by atoms with Crippen molar-refractivity contribution in [3.8, 4) is 0 Å². The summed E-state index contributed by atoms with van der Waals surface area (Å²) >= 11 is 9.22. The molecule has 5 heteroatoms. The first-order chi connectivity index (χ1) is 8.97. The minimum Gasteiger partial charge on any atom is -0.321 e. The molecule has 0 heterocycles. The number of hydrogen-bond acceptors (Lipinski definition) is 1. The van der Waals surface area contributed by atoms with Crippen LogP contribution in [-0.4, -0.2) is 5.91 Å². The van der Waals surface area contributed by atoms with Crippen molar-refractivity contribution in [1.82, 2.24) is 0 Å². The molecule has 2 nitrogen and oxygen atoms in total. The van der Waals surface area contributed by atoms with Gasteiger partial charge in [0.15, 0.2) is 0 Å². The van der Waals surface area contributed by atoms with E-state index in [9.17, 15) is 9.18 Å². The van der Waals surface area contributed by atoms with Gasteiger partial charge in [-0.3, -0.25) is 4.79 Å². The highest BCUT2D eigenvalue weighted by Gasteiger charge is 2.13. The summed E-state index contributed by atoms with van der Waals surface area (Å²) in [6.45, 7) is 1.89. The molecular weight excluding hydrogens is 333 g/mol. The van der Waals surface area contributed by atoms with Gasteiger partial charge >= 0.3 is 0 Å². The van der Waals surface area contributed by atoms with E-state index >= 15 is 0 Å². The van der Waals surface area contributed by atoms with Crippen LogP contribution in [0.4, 0.5) is 10.1 Å². The van der Waals surface area contributed by atoms with Crippen molar-refractivity contribution in [3.63, 3.8) is 0 Å². The molecule has 2 aromatic carbocycles. The Balaban J connectivity index is 2.28. The fourth-order valence-corrected chi connectivity index (χ4v) is 2.23. The molecule has 2 rings (SSSR count). The van der Waals surface area contributed by atoms with Crippen LogP contribution in [0.5, 0.6) is 0 Å². The highest BCUT2D eigenvalue weighted by molar-refractivity contribution is 9.10. The van der Waals surface area contributed by atoms with Crippen LogP contribution in [-0.2, 0) is 0 Å². The van der Waals surface area contributed by atoms with Crippen LogP contribution < -0.4 is 5.32 Å². The van der Waals surface area contributed by atoms with Crippen LogP contribution in [0.2, 0.25) is 5.02 Å². The highest BCUT2D eigenvalue weighted by atomic mass is 79.9. The molecule has 0 bridgehead atoms. The van der Waals surface area contributed by atoms with Crippen molar-refractivity contribution in [2.45, 2.75) is 6.92 Å². The van der Waals surface area contributed by atoms with Crippen LogP contribution in [0, 0.1) is 12.7 Å². The Bertz CT molecular complexity index is 645. The summed E-state index contributed by atoms with van der Waals surface area (Å²) in [5.41, 5.74) is 1.40. The average Bonchev–Trinajstić information content (AvgIpc) is 2.35. The van der Waals surface area contributed by atoms with E-state index in [0.717, 1.165) is 5.56 Å². The molecule has 0 radical (unpaired) electrons. The predicted molar refractivity (Wildman–Crippen MR) is 78.2 cm³/mol. The summed E-state index contributed by atoms with van der Waals surface area (Å²) < 4.78 is 14.2. The molecule has 0 aliphatic rings.